The Hall–Kier alpha value is -2.60. The molecule has 0 fully saturated rings. The quantitative estimate of drug-likeness (QED) is 0.0398. The topological polar surface area (TPSA) is 153 Å². The number of rotatable bonds is 32. The first-order valence-electron chi connectivity index (χ1n) is 18.8. The van der Waals surface area contributed by atoms with E-state index in [0.29, 0.717) is 13.1 Å². The van der Waals surface area contributed by atoms with Crippen LogP contribution in [-0.2, 0) is 28.5 Å². The van der Waals surface area contributed by atoms with Crippen LogP contribution in [0.15, 0.2) is 0 Å². The molecule has 0 bridgehead atoms. The zero-order chi connectivity index (χ0) is 35.7. The van der Waals surface area contributed by atoms with Gasteiger partial charge < -0.3 is 34.7 Å². The van der Waals surface area contributed by atoms with Crippen LogP contribution in [0.1, 0.15) is 143 Å². The lowest BCUT2D eigenvalue weighted by Gasteiger charge is -2.20. The zero-order valence-electron chi connectivity index (χ0n) is 30.7. The molecule has 0 aliphatic rings. The summed E-state index contributed by atoms with van der Waals surface area (Å²) in [6.07, 6.45) is 16.3. The SMILES string of the molecule is CCCCCCCCC(CC)OC(=O)NCCOC(=O)CCN(CCO)CCC(=O)OCCNC(=O)OC(CC)CCCCCCCC. The summed E-state index contributed by atoms with van der Waals surface area (Å²) in [4.78, 5) is 50.4. The lowest BCUT2D eigenvalue weighted by molar-refractivity contribution is -0.144. The van der Waals surface area contributed by atoms with Crippen molar-refractivity contribution < 1.29 is 43.2 Å². The number of amides is 2. The molecule has 0 aliphatic carbocycles. The van der Waals surface area contributed by atoms with Gasteiger partial charge in [-0.3, -0.25) is 14.5 Å². The Balaban J connectivity index is 4.07. The number of carbonyl (C=O) groups excluding carboxylic acids is 4. The Morgan fingerprint density at radius 3 is 1.35 bits per heavy atom. The lowest BCUT2D eigenvalue weighted by Crippen LogP contribution is -2.34. The van der Waals surface area contributed by atoms with Crippen LogP contribution in [0.5, 0.6) is 0 Å². The van der Waals surface area contributed by atoms with Crippen LogP contribution in [0, 0.1) is 0 Å². The van der Waals surface area contributed by atoms with Gasteiger partial charge in [-0.25, -0.2) is 9.59 Å². The number of esters is 2. The van der Waals surface area contributed by atoms with Crippen LogP contribution >= 0.6 is 0 Å². The van der Waals surface area contributed by atoms with Gasteiger partial charge in [-0.05, 0) is 38.5 Å². The maximum absolute atomic E-state index is 12.2. The summed E-state index contributed by atoms with van der Waals surface area (Å²) in [6, 6.07) is 0. The molecule has 12 nitrogen and oxygen atoms in total. The number of nitrogens with one attached hydrogen (secondary N) is 2. The van der Waals surface area contributed by atoms with Gasteiger partial charge in [-0.1, -0.05) is 91.9 Å². The Bertz CT molecular complexity index is 754. The monoisotopic (exact) mass is 688 g/mol. The van der Waals surface area contributed by atoms with Gasteiger partial charge in [0.05, 0.1) is 32.5 Å². The van der Waals surface area contributed by atoms with Crippen molar-refractivity contribution in [2.24, 2.45) is 0 Å². The molecule has 0 aromatic rings. The fraction of sp³-hybridized carbons (Fsp3) is 0.889. The van der Waals surface area contributed by atoms with Crippen LogP contribution in [0.2, 0.25) is 0 Å². The van der Waals surface area contributed by atoms with Gasteiger partial charge in [-0.15, -0.1) is 0 Å². The van der Waals surface area contributed by atoms with Crippen molar-refractivity contribution in [2.75, 3.05) is 52.5 Å². The standard InChI is InChI=1S/C36H69N3O9/c1-5-9-11-13-15-17-19-31(7-3)47-35(43)37-23-29-45-33(41)21-25-39(27-28-40)26-22-34(42)46-30-24-38-36(44)48-32(8-4)20-18-16-14-12-10-6-2/h31-32,40H,5-30H2,1-4H3,(H,37,43)(H,38,44). The molecule has 0 aromatic carbocycles. The largest absolute Gasteiger partial charge is 0.464 e. The third-order valence-electron chi connectivity index (χ3n) is 8.17. The molecule has 0 aromatic heterocycles. The van der Waals surface area contributed by atoms with E-state index in [9.17, 15) is 24.3 Å². The summed E-state index contributed by atoms with van der Waals surface area (Å²) in [5.74, 6) is -0.888. The number of aliphatic hydroxyl groups excluding tert-OH is 1. The molecule has 2 atom stereocenters. The minimum Gasteiger partial charge on any atom is -0.464 e. The molecule has 282 valence electrons. The van der Waals surface area contributed by atoms with E-state index in [2.05, 4.69) is 24.5 Å². The van der Waals surface area contributed by atoms with Crippen LogP contribution in [0.25, 0.3) is 0 Å². The van der Waals surface area contributed by atoms with Crippen LogP contribution in [0.4, 0.5) is 9.59 Å². The van der Waals surface area contributed by atoms with Gasteiger partial charge in [0, 0.05) is 19.6 Å². The predicted octanol–water partition coefficient (Wildman–Crippen LogP) is 6.66. The number of hydrogen-bond acceptors (Lipinski definition) is 10. The molecule has 48 heavy (non-hydrogen) atoms. The number of hydrogen-bond donors (Lipinski definition) is 3. The minimum absolute atomic E-state index is 0.0221. The maximum Gasteiger partial charge on any atom is 0.407 e. The van der Waals surface area contributed by atoms with E-state index < -0.39 is 24.1 Å². The highest BCUT2D eigenvalue weighted by Crippen LogP contribution is 2.14. The fourth-order valence-electron chi connectivity index (χ4n) is 5.14. The highest BCUT2D eigenvalue weighted by molar-refractivity contribution is 5.70. The first kappa shape index (κ1) is 45.4. The molecule has 0 radical (unpaired) electrons. The minimum atomic E-state index is -0.510. The number of aliphatic hydroxyl groups is 1. The van der Waals surface area contributed by atoms with E-state index in [1.54, 1.807) is 4.90 Å². The molecule has 0 aliphatic heterocycles. The molecule has 0 heterocycles. The van der Waals surface area contributed by atoms with Crippen LogP contribution in [-0.4, -0.2) is 98.9 Å². The van der Waals surface area contributed by atoms with E-state index in [1.165, 1.54) is 51.4 Å². The lowest BCUT2D eigenvalue weighted by atomic mass is 10.1. The summed E-state index contributed by atoms with van der Waals surface area (Å²) in [6.45, 7) is 9.48. The summed E-state index contributed by atoms with van der Waals surface area (Å²) in [5.41, 5.74) is 0. The second kappa shape index (κ2) is 32.9. The van der Waals surface area contributed by atoms with Gasteiger partial charge in [0.1, 0.15) is 25.4 Å². The fourth-order valence-corrected chi connectivity index (χ4v) is 5.14. The Morgan fingerprint density at radius 2 is 0.979 bits per heavy atom. The van der Waals surface area contributed by atoms with Gasteiger partial charge >= 0.3 is 24.1 Å². The van der Waals surface area contributed by atoms with E-state index in [4.69, 9.17) is 18.9 Å². The molecule has 12 heteroatoms. The zero-order valence-corrected chi connectivity index (χ0v) is 30.7. The average Bonchev–Trinajstić information content (AvgIpc) is 3.08. The number of nitrogens with zero attached hydrogens (tertiary/aromatic N) is 1. The molecular formula is C36H69N3O9. The van der Waals surface area contributed by atoms with Crippen molar-refractivity contribution in [1.29, 1.82) is 0 Å². The van der Waals surface area contributed by atoms with Crippen molar-refractivity contribution in [1.82, 2.24) is 15.5 Å². The number of unbranched alkanes of at least 4 members (excludes halogenated alkanes) is 10. The average molecular weight is 688 g/mol. The van der Waals surface area contributed by atoms with Gasteiger partial charge in [0.2, 0.25) is 0 Å². The van der Waals surface area contributed by atoms with Crippen molar-refractivity contribution in [3.05, 3.63) is 0 Å². The molecule has 3 N–H and O–H groups in total. The van der Waals surface area contributed by atoms with Gasteiger partial charge in [0.25, 0.3) is 0 Å². The highest BCUT2D eigenvalue weighted by Gasteiger charge is 2.15. The van der Waals surface area contributed by atoms with Crippen LogP contribution < -0.4 is 10.6 Å². The molecular weight excluding hydrogens is 618 g/mol. The predicted molar refractivity (Wildman–Crippen MR) is 188 cm³/mol. The summed E-state index contributed by atoms with van der Waals surface area (Å²) in [7, 11) is 0. The Morgan fingerprint density at radius 1 is 0.583 bits per heavy atom. The Kier molecular flexibility index (Phi) is 31.1. The first-order valence-corrected chi connectivity index (χ1v) is 18.8. The van der Waals surface area contributed by atoms with E-state index in [1.807, 2.05) is 13.8 Å². The van der Waals surface area contributed by atoms with E-state index in [0.717, 1.165) is 51.4 Å². The van der Waals surface area contributed by atoms with E-state index in [-0.39, 0.29) is 64.5 Å². The molecule has 0 saturated heterocycles. The van der Waals surface area contributed by atoms with Crippen LogP contribution in [0.3, 0.4) is 0 Å². The smallest absolute Gasteiger partial charge is 0.407 e. The van der Waals surface area contributed by atoms with Gasteiger partial charge in [-0.2, -0.15) is 0 Å². The third-order valence-corrected chi connectivity index (χ3v) is 8.17. The highest BCUT2D eigenvalue weighted by atomic mass is 16.6. The third kappa shape index (κ3) is 28.4. The normalized spacial score (nSPS) is 12.3. The van der Waals surface area contributed by atoms with Crippen molar-refractivity contribution in [3.63, 3.8) is 0 Å². The number of ether oxygens (including phenoxy) is 4. The molecule has 0 rings (SSSR count). The number of carbonyl (C=O) groups is 4. The second-order valence-electron chi connectivity index (χ2n) is 12.3. The van der Waals surface area contributed by atoms with Crippen molar-refractivity contribution >= 4 is 24.1 Å². The summed E-state index contributed by atoms with van der Waals surface area (Å²) in [5, 5.41) is 14.6. The second-order valence-corrected chi connectivity index (χ2v) is 12.3. The molecule has 0 saturated carbocycles. The number of alkyl carbamates (subject to hydrolysis) is 2. The molecule has 0 spiro atoms. The molecule has 2 amide bonds. The van der Waals surface area contributed by atoms with E-state index >= 15 is 0 Å². The maximum atomic E-state index is 12.2. The Labute approximate surface area is 290 Å². The molecule has 2 unspecified atom stereocenters. The van der Waals surface area contributed by atoms with Crippen molar-refractivity contribution in [3.8, 4) is 0 Å². The first-order chi connectivity index (χ1) is 23.3. The summed E-state index contributed by atoms with van der Waals surface area (Å²) >= 11 is 0. The van der Waals surface area contributed by atoms with Crippen molar-refractivity contribution in [2.45, 2.75) is 155 Å². The summed E-state index contributed by atoms with van der Waals surface area (Å²) < 4.78 is 21.4. The van der Waals surface area contributed by atoms with Gasteiger partial charge in [0.15, 0.2) is 0 Å².